The molecule has 0 bridgehead atoms. The molecular weight excluding hydrogens is 232 g/mol. The molecule has 0 fully saturated rings. The fourth-order valence-corrected chi connectivity index (χ4v) is 1.52. The molecule has 0 saturated heterocycles. The molecule has 1 heterocycles. The zero-order chi connectivity index (χ0) is 13.4. The van der Waals surface area contributed by atoms with Crippen LogP contribution in [0.4, 0.5) is 5.82 Å². The van der Waals surface area contributed by atoms with Crippen molar-refractivity contribution < 1.29 is 4.74 Å². The van der Waals surface area contributed by atoms with Gasteiger partial charge in [0.25, 0.3) is 5.56 Å². The third kappa shape index (κ3) is 4.46. The second kappa shape index (κ2) is 7.84. The number of nitrogens with one attached hydrogen (secondary N) is 2. The minimum Gasteiger partial charge on any atom is -0.383 e. The van der Waals surface area contributed by atoms with Crippen LogP contribution >= 0.6 is 0 Å². The molecule has 0 atom stereocenters. The Bertz CT molecular complexity index is 403. The second-order valence-corrected chi connectivity index (χ2v) is 4.25. The lowest BCUT2D eigenvalue weighted by Gasteiger charge is -2.11. The van der Waals surface area contributed by atoms with E-state index in [1.54, 1.807) is 24.1 Å². The molecule has 0 aliphatic heterocycles. The van der Waals surface area contributed by atoms with Gasteiger partial charge in [-0.3, -0.25) is 4.79 Å². The number of hydrogen-bond acceptors (Lipinski definition) is 5. The van der Waals surface area contributed by atoms with Crippen molar-refractivity contribution >= 4 is 5.82 Å². The van der Waals surface area contributed by atoms with Gasteiger partial charge in [-0.2, -0.15) is 0 Å². The Hall–Kier alpha value is -1.40. The topological polar surface area (TPSA) is 68.2 Å². The highest BCUT2D eigenvalue weighted by Crippen LogP contribution is 2.00. The Labute approximate surface area is 107 Å². The van der Waals surface area contributed by atoms with Gasteiger partial charge in [-0.1, -0.05) is 0 Å². The number of rotatable bonds is 8. The maximum atomic E-state index is 12.0. The van der Waals surface area contributed by atoms with Crippen molar-refractivity contribution in [2.24, 2.45) is 0 Å². The summed E-state index contributed by atoms with van der Waals surface area (Å²) in [4.78, 5) is 16.0. The average Bonchev–Trinajstić information content (AvgIpc) is 2.35. The van der Waals surface area contributed by atoms with Gasteiger partial charge < -0.3 is 19.9 Å². The van der Waals surface area contributed by atoms with Gasteiger partial charge in [-0.05, 0) is 13.8 Å². The molecule has 0 saturated carbocycles. The summed E-state index contributed by atoms with van der Waals surface area (Å²) in [6.07, 6.45) is 3.34. The van der Waals surface area contributed by atoms with Crippen molar-refractivity contribution in [3.63, 3.8) is 0 Å². The van der Waals surface area contributed by atoms with Crippen LogP contribution in [-0.4, -0.2) is 42.9 Å². The summed E-state index contributed by atoms with van der Waals surface area (Å²) in [7, 11) is 1.67. The quantitative estimate of drug-likeness (QED) is 0.660. The molecule has 102 valence electrons. The first-order valence-electron chi connectivity index (χ1n) is 6.17. The molecule has 0 spiro atoms. The Kier molecular flexibility index (Phi) is 6.38. The molecule has 0 radical (unpaired) electrons. The number of methoxy groups -OCH3 is 1. The molecule has 1 aromatic rings. The first-order chi connectivity index (χ1) is 8.66. The second-order valence-electron chi connectivity index (χ2n) is 4.25. The summed E-state index contributed by atoms with van der Waals surface area (Å²) in [5, 5.41) is 6.23. The first kappa shape index (κ1) is 14.7. The molecule has 0 aliphatic carbocycles. The molecule has 0 aromatic carbocycles. The van der Waals surface area contributed by atoms with Crippen molar-refractivity contribution in [3.05, 3.63) is 22.7 Å². The normalized spacial score (nSPS) is 10.9. The van der Waals surface area contributed by atoms with Gasteiger partial charge in [0.2, 0.25) is 0 Å². The SMILES string of the molecule is COCCNCCNc1nccn(C(C)C)c1=O. The van der Waals surface area contributed by atoms with E-state index in [4.69, 9.17) is 4.74 Å². The summed E-state index contributed by atoms with van der Waals surface area (Å²) in [5.41, 5.74) is -0.0793. The highest BCUT2D eigenvalue weighted by atomic mass is 16.5. The lowest BCUT2D eigenvalue weighted by atomic mass is 10.4. The number of hydrogen-bond donors (Lipinski definition) is 2. The minimum atomic E-state index is -0.0793. The maximum absolute atomic E-state index is 12.0. The van der Waals surface area contributed by atoms with Crippen LogP contribution in [0.15, 0.2) is 17.2 Å². The molecule has 1 rings (SSSR count). The lowest BCUT2D eigenvalue weighted by Crippen LogP contribution is -2.30. The van der Waals surface area contributed by atoms with Gasteiger partial charge in [0.05, 0.1) is 6.61 Å². The smallest absolute Gasteiger partial charge is 0.293 e. The van der Waals surface area contributed by atoms with Crippen LogP contribution in [0.25, 0.3) is 0 Å². The number of aromatic nitrogens is 2. The molecular formula is C12H22N4O2. The first-order valence-corrected chi connectivity index (χ1v) is 6.17. The van der Waals surface area contributed by atoms with Gasteiger partial charge in [-0.25, -0.2) is 4.98 Å². The van der Waals surface area contributed by atoms with E-state index < -0.39 is 0 Å². The van der Waals surface area contributed by atoms with Crippen LogP contribution < -0.4 is 16.2 Å². The molecule has 6 nitrogen and oxygen atoms in total. The molecule has 2 N–H and O–H groups in total. The highest BCUT2D eigenvalue weighted by molar-refractivity contribution is 5.30. The summed E-state index contributed by atoms with van der Waals surface area (Å²) in [6, 6.07) is 0.140. The van der Waals surface area contributed by atoms with E-state index in [0.29, 0.717) is 19.0 Å². The largest absolute Gasteiger partial charge is 0.383 e. The monoisotopic (exact) mass is 254 g/mol. The third-order valence-corrected chi connectivity index (χ3v) is 2.50. The van der Waals surface area contributed by atoms with Crippen LogP contribution in [-0.2, 0) is 4.74 Å². The number of nitrogens with zero attached hydrogens (tertiary/aromatic N) is 2. The maximum Gasteiger partial charge on any atom is 0.293 e. The van der Waals surface area contributed by atoms with Gasteiger partial charge in [-0.15, -0.1) is 0 Å². The molecule has 0 amide bonds. The van der Waals surface area contributed by atoms with E-state index in [-0.39, 0.29) is 11.6 Å². The summed E-state index contributed by atoms with van der Waals surface area (Å²) < 4.78 is 6.58. The molecule has 6 heteroatoms. The predicted octanol–water partition coefficient (Wildman–Crippen LogP) is 0.472. The zero-order valence-corrected chi connectivity index (χ0v) is 11.3. The zero-order valence-electron chi connectivity index (χ0n) is 11.3. The van der Waals surface area contributed by atoms with Crippen molar-refractivity contribution in [3.8, 4) is 0 Å². The lowest BCUT2D eigenvalue weighted by molar-refractivity contribution is 0.200. The molecule has 0 unspecified atom stereocenters. The summed E-state index contributed by atoms with van der Waals surface area (Å²) in [6.45, 7) is 6.85. The van der Waals surface area contributed by atoms with Gasteiger partial charge in [0.1, 0.15) is 0 Å². The minimum absolute atomic E-state index is 0.0793. The van der Waals surface area contributed by atoms with E-state index in [9.17, 15) is 4.79 Å². The van der Waals surface area contributed by atoms with Crippen LogP contribution in [0.3, 0.4) is 0 Å². The van der Waals surface area contributed by atoms with E-state index >= 15 is 0 Å². The summed E-state index contributed by atoms with van der Waals surface area (Å²) in [5.74, 6) is 0.403. The molecule has 1 aromatic heterocycles. The van der Waals surface area contributed by atoms with Crippen LogP contribution in [0.2, 0.25) is 0 Å². The van der Waals surface area contributed by atoms with E-state index in [2.05, 4.69) is 15.6 Å². The van der Waals surface area contributed by atoms with Crippen molar-refractivity contribution in [1.29, 1.82) is 0 Å². The van der Waals surface area contributed by atoms with Crippen molar-refractivity contribution in [2.75, 3.05) is 38.7 Å². The fourth-order valence-electron chi connectivity index (χ4n) is 1.52. The Morgan fingerprint density at radius 3 is 2.83 bits per heavy atom. The van der Waals surface area contributed by atoms with E-state index in [0.717, 1.165) is 13.1 Å². The van der Waals surface area contributed by atoms with Crippen LogP contribution in [0.1, 0.15) is 19.9 Å². The number of ether oxygens (including phenoxy) is 1. The average molecular weight is 254 g/mol. The molecule has 0 aliphatic rings. The van der Waals surface area contributed by atoms with E-state index in [1.807, 2.05) is 13.8 Å². The van der Waals surface area contributed by atoms with Crippen LogP contribution in [0, 0.1) is 0 Å². The number of anilines is 1. The highest BCUT2D eigenvalue weighted by Gasteiger charge is 2.05. The Morgan fingerprint density at radius 2 is 2.17 bits per heavy atom. The van der Waals surface area contributed by atoms with Gasteiger partial charge in [0.15, 0.2) is 5.82 Å². The van der Waals surface area contributed by atoms with E-state index in [1.165, 1.54) is 0 Å². The Morgan fingerprint density at radius 1 is 1.39 bits per heavy atom. The standard InChI is InChI=1S/C12H22N4O2/c1-10(2)16-8-6-15-11(12(16)17)14-5-4-13-7-9-18-3/h6,8,10,13H,4-5,7,9H2,1-3H3,(H,14,15). The van der Waals surface area contributed by atoms with Gasteiger partial charge >= 0.3 is 0 Å². The fraction of sp³-hybridized carbons (Fsp3) is 0.667. The predicted molar refractivity (Wildman–Crippen MR) is 72.1 cm³/mol. The van der Waals surface area contributed by atoms with Crippen molar-refractivity contribution in [2.45, 2.75) is 19.9 Å². The van der Waals surface area contributed by atoms with Crippen molar-refractivity contribution in [1.82, 2.24) is 14.9 Å². The Balaban J connectivity index is 2.43. The van der Waals surface area contributed by atoms with Gasteiger partial charge in [0, 0.05) is 45.2 Å². The van der Waals surface area contributed by atoms with Crippen LogP contribution in [0.5, 0.6) is 0 Å². The third-order valence-electron chi connectivity index (χ3n) is 2.50. The summed E-state index contributed by atoms with van der Waals surface area (Å²) >= 11 is 0. The molecule has 18 heavy (non-hydrogen) atoms.